The Hall–Kier alpha value is -2.87. The van der Waals surface area contributed by atoms with Gasteiger partial charge in [-0.2, -0.15) is 26.3 Å². The topological polar surface area (TPSA) is 94.9 Å². The minimum atomic E-state index is -6.14. The van der Waals surface area contributed by atoms with Crippen molar-refractivity contribution in [1.82, 2.24) is 0 Å². The summed E-state index contributed by atoms with van der Waals surface area (Å²) in [6.07, 6.45) is -13.5. The highest BCUT2D eigenvalue weighted by atomic mass is 32.2. The molecule has 0 saturated heterocycles. The van der Waals surface area contributed by atoms with Crippen molar-refractivity contribution in [3.05, 3.63) is 59.4 Å². The van der Waals surface area contributed by atoms with Crippen molar-refractivity contribution in [1.29, 1.82) is 0 Å². The number of benzene rings is 2. The van der Waals surface area contributed by atoms with E-state index in [2.05, 4.69) is 0 Å². The summed E-state index contributed by atoms with van der Waals surface area (Å²) in [4.78, 5) is 10.8. The van der Waals surface area contributed by atoms with Crippen molar-refractivity contribution < 1.29 is 54.2 Å². The molecule has 1 unspecified atom stereocenters. The predicted molar refractivity (Wildman–Crippen MR) is 103 cm³/mol. The Morgan fingerprint density at radius 1 is 1.00 bits per heavy atom. The van der Waals surface area contributed by atoms with Gasteiger partial charge in [0.2, 0.25) is 0 Å². The van der Waals surface area contributed by atoms with E-state index in [0.29, 0.717) is 16.4 Å². The summed E-state index contributed by atoms with van der Waals surface area (Å²) < 4.78 is 120. The maximum absolute atomic E-state index is 13.3. The Morgan fingerprint density at radius 3 is 2.06 bits per heavy atom. The highest BCUT2D eigenvalue weighted by molar-refractivity contribution is 7.92. The summed E-state index contributed by atoms with van der Waals surface area (Å²) in [6, 6.07) is 3.53. The lowest BCUT2D eigenvalue weighted by molar-refractivity contribution is -0.376. The van der Waals surface area contributed by atoms with E-state index in [-0.39, 0.29) is 30.2 Å². The maximum atomic E-state index is 13.3. The van der Waals surface area contributed by atoms with Crippen LogP contribution in [-0.2, 0) is 26.8 Å². The van der Waals surface area contributed by atoms with Gasteiger partial charge in [0.1, 0.15) is 5.82 Å². The lowest BCUT2D eigenvalue weighted by Gasteiger charge is -2.38. The molecule has 1 aliphatic rings. The Morgan fingerprint density at radius 2 is 1.56 bits per heavy atom. The van der Waals surface area contributed by atoms with Crippen LogP contribution in [0.4, 0.5) is 36.4 Å². The molecule has 1 atom stereocenters. The van der Waals surface area contributed by atoms with Crippen molar-refractivity contribution in [2.75, 3.05) is 4.31 Å². The van der Waals surface area contributed by atoms with Crippen LogP contribution < -0.4 is 4.31 Å². The smallest absolute Gasteiger partial charge is 0.430 e. The first-order chi connectivity index (χ1) is 15.5. The Labute approximate surface area is 188 Å². The first-order valence-electron chi connectivity index (χ1n) is 9.51. The Balaban J connectivity index is 2.20. The average molecular weight is 515 g/mol. The van der Waals surface area contributed by atoms with Crippen LogP contribution in [0.3, 0.4) is 0 Å². The van der Waals surface area contributed by atoms with E-state index in [0.717, 1.165) is 24.3 Å². The number of sulfonamides is 1. The second kappa shape index (κ2) is 8.41. The molecule has 3 rings (SSSR count). The van der Waals surface area contributed by atoms with Gasteiger partial charge in [-0.15, -0.1) is 0 Å². The summed E-state index contributed by atoms with van der Waals surface area (Å²) >= 11 is 0. The van der Waals surface area contributed by atoms with Crippen LogP contribution in [0.2, 0.25) is 0 Å². The first-order valence-corrected chi connectivity index (χ1v) is 10.9. The molecule has 0 fully saturated rings. The highest BCUT2D eigenvalue weighted by Crippen LogP contribution is 2.51. The lowest BCUT2D eigenvalue weighted by atomic mass is 9.87. The molecular formula is C20H16F7NO5S. The normalized spacial score (nSPS) is 17.4. The second-order valence-corrected chi connectivity index (χ2v) is 9.41. The van der Waals surface area contributed by atoms with Gasteiger partial charge in [-0.3, -0.25) is 9.10 Å². The molecule has 0 spiro atoms. The maximum Gasteiger partial charge on any atom is 0.430 e. The second-order valence-electron chi connectivity index (χ2n) is 7.59. The van der Waals surface area contributed by atoms with Gasteiger partial charge in [0.25, 0.3) is 15.6 Å². The molecule has 0 bridgehead atoms. The summed E-state index contributed by atoms with van der Waals surface area (Å²) in [5, 5.41) is 18.8. The van der Waals surface area contributed by atoms with Gasteiger partial charge in [0.05, 0.1) is 23.0 Å². The molecule has 0 aromatic heterocycles. The van der Waals surface area contributed by atoms with Crippen LogP contribution in [0.25, 0.3) is 0 Å². The minimum Gasteiger partial charge on any atom is -0.481 e. The van der Waals surface area contributed by atoms with Crippen LogP contribution in [0.15, 0.2) is 47.4 Å². The van der Waals surface area contributed by atoms with Gasteiger partial charge in [0.15, 0.2) is 0 Å². The molecule has 6 nitrogen and oxygen atoms in total. The van der Waals surface area contributed by atoms with Crippen molar-refractivity contribution in [2.24, 2.45) is 0 Å². The molecule has 34 heavy (non-hydrogen) atoms. The number of carboxylic acids is 1. The molecule has 2 N–H and O–H groups in total. The van der Waals surface area contributed by atoms with Gasteiger partial charge < -0.3 is 10.2 Å². The number of hydrogen-bond acceptors (Lipinski definition) is 4. The number of nitrogens with zero attached hydrogens (tertiary/aromatic N) is 1. The summed E-state index contributed by atoms with van der Waals surface area (Å²) in [5.41, 5.74) is -7.41. The quantitative estimate of drug-likeness (QED) is 0.585. The first kappa shape index (κ1) is 25.7. The number of anilines is 1. The van der Waals surface area contributed by atoms with E-state index in [4.69, 9.17) is 0 Å². The van der Waals surface area contributed by atoms with Gasteiger partial charge in [-0.05, 0) is 48.7 Å². The fourth-order valence-electron chi connectivity index (χ4n) is 3.78. The van der Waals surface area contributed by atoms with Crippen LogP contribution in [0.5, 0.6) is 0 Å². The number of halogens is 7. The number of aliphatic hydroxyl groups is 1. The van der Waals surface area contributed by atoms with E-state index in [9.17, 15) is 54.2 Å². The van der Waals surface area contributed by atoms with Gasteiger partial charge in [-0.1, -0.05) is 12.1 Å². The number of aryl methyl sites for hydroxylation is 1. The third kappa shape index (κ3) is 4.31. The largest absolute Gasteiger partial charge is 0.481 e. The molecular weight excluding hydrogens is 499 g/mol. The molecule has 0 saturated carbocycles. The third-order valence-corrected chi connectivity index (χ3v) is 7.30. The summed E-state index contributed by atoms with van der Waals surface area (Å²) in [6.45, 7) is 0. The van der Waals surface area contributed by atoms with E-state index in [1.165, 1.54) is 0 Å². The molecule has 0 aliphatic carbocycles. The van der Waals surface area contributed by atoms with E-state index in [1.54, 1.807) is 0 Å². The highest BCUT2D eigenvalue weighted by Gasteiger charge is 2.71. The SMILES string of the molecule is O=C(O)CC1CCc2cc(C(O)(C(F)(F)F)C(F)(F)F)ccc2N1S(=O)(=O)c1ccc(F)cc1. The molecule has 2 aromatic rings. The van der Waals surface area contributed by atoms with Crippen LogP contribution >= 0.6 is 0 Å². The van der Waals surface area contributed by atoms with Crippen molar-refractivity contribution in [2.45, 2.75) is 48.2 Å². The Bertz CT molecular complexity index is 1180. The van der Waals surface area contributed by atoms with Crippen LogP contribution in [0, 0.1) is 5.82 Å². The molecule has 14 heteroatoms. The zero-order chi connectivity index (χ0) is 25.7. The lowest BCUT2D eigenvalue weighted by Crippen LogP contribution is -2.54. The molecule has 186 valence electrons. The van der Waals surface area contributed by atoms with Crippen LogP contribution in [-0.4, -0.2) is 43.0 Å². The van der Waals surface area contributed by atoms with Gasteiger partial charge in [0, 0.05) is 5.56 Å². The van der Waals surface area contributed by atoms with Gasteiger partial charge >= 0.3 is 18.3 Å². The molecule has 2 aromatic carbocycles. The van der Waals surface area contributed by atoms with E-state index >= 15 is 0 Å². The number of alkyl halides is 6. The van der Waals surface area contributed by atoms with E-state index in [1.807, 2.05) is 0 Å². The number of aliphatic carboxylic acids is 1. The average Bonchev–Trinajstić information content (AvgIpc) is 2.70. The van der Waals surface area contributed by atoms with Crippen LogP contribution in [0.1, 0.15) is 24.0 Å². The zero-order valence-electron chi connectivity index (χ0n) is 16.9. The van der Waals surface area contributed by atoms with Gasteiger partial charge in [-0.25, -0.2) is 12.8 Å². The molecule has 1 aliphatic heterocycles. The predicted octanol–water partition coefficient (Wildman–Crippen LogP) is 4.12. The summed E-state index contributed by atoms with van der Waals surface area (Å²) in [5.74, 6) is -2.17. The number of fused-ring (bicyclic) bond motifs is 1. The van der Waals surface area contributed by atoms with Crippen molar-refractivity contribution in [3.8, 4) is 0 Å². The Kier molecular flexibility index (Phi) is 6.37. The molecule has 0 radical (unpaired) electrons. The van der Waals surface area contributed by atoms with Crippen molar-refractivity contribution in [3.63, 3.8) is 0 Å². The zero-order valence-corrected chi connectivity index (χ0v) is 17.7. The number of carbonyl (C=O) groups is 1. The van der Waals surface area contributed by atoms with Crippen molar-refractivity contribution >= 4 is 21.7 Å². The minimum absolute atomic E-state index is 0.250. The number of rotatable bonds is 5. The standard InChI is InChI=1S/C20H16F7NO5S/c21-13-3-6-15(7-4-13)34(32,33)28-14(10-17(29)30)5-1-11-9-12(2-8-16(11)28)18(31,19(22,23)24)20(25,26)27/h2-4,6-9,14,31H,1,5,10H2,(H,29,30). The monoisotopic (exact) mass is 515 g/mol. The summed E-state index contributed by atoms with van der Waals surface area (Å²) in [7, 11) is -4.60. The fraction of sp³-hybridized carbons (Fsp3) is 0.350. The third-order valence-electron chi connectivity index (χ3n) is 5.41. The number of carboxylic acid groups (broad SMARTS) is 1. The van der Waals surface area contributed by atoms with E-state index < -0.39 is 62.7 Å². The molecule has 1 heterocycles. The molecule has 0 amide bonds. The number of hydrogen-bond donors (Lipinski definition) is 2. The fourth-order valence-corrected chi connectivity index (χ4v) is 5.50.